The standard InChI is InChI=1S/C16H17ClN2O/c1-10-3-4-11(2)12(7-10)8-16(20)19-15-6-5-13(17)9-14(15)18/h3-7,9H,8,18H2,1-2H3,(H,19,20). The molecular formula is C16H17ClN2O. The Kier molecular flexibility index (Phi) is 4.30. The van der Waals surface area contributed by atoms with Crippen molar-refractivity contribution in [3.8, 4) is 0 Å². The van der Waals surface area contributed by atoms with E-state index in [0.29, 0.717) is 22.8 Å². The van der Waals surface area contributed by atoms with Gasteiger partial charge < -0.3 is 11.1 Å². The van der Waals surface area contributed by atoms with Crippen LogP contribution >= 0.6 is 11.6 Å². The Morgan fingerprint density at radius 1 is 1.20 bits per heavy atom. The van der Waals surface area contributed by atoms with Crippen molar-refractivity contribution in [2.45, 2.75) is 20.3 Å². The Labute approximate surface area is 123 Å². The van der Waals surface area contributed by atoms with Crippen molar-refractivity contribution in [2.24, 2.45) is 0 Å². The number of hydrogen-bond donors (Lipinski definition) is 2. The number of rotatable bonds is 3. The number of amides is 1. The molecule has 0 atom stereocenters. The highest BCUT2D eigenvalue weighted by molar-refractivity contribution is 6.31. The first-order chi connectivity index (χ1) is 9.45. The quantitative estimate of drug-likeness (QED) is 0.846. The van der Waals surface area contributed by atoms with E-state index in [2.05, 4.69) is 5.32 Å². The first-order valence-electron chi connectivity index (χ1n) is 6.36. The summed E-state index contributed by atoms with van der Waals surface area (Å²) in [5.41, 5.74) is 10.1. The van der Waals surface area contributed by atoms with Crippen LogP contribution in [-0.4, -0.2) is 5.91 Å². The molecule has 0 radical (unpaired) electrons. The van der Waals surface area contributed by atoms with E-state index in [1.807, 2.05) is 32.0 Å². The fourth-order valence-corrected chi connectivity index (χ4v) is 2.19. The summed E-state index contributed by atoms with van der Waals surface area (Å²) in [5, 5.41) is 3.36. The fraction of sp³-hybridized carbons (Fsp3) is 0.188. The highest BCUT2D eigenvalue weighted by atomic mass is 35.5. The molecule has 0 aliphatic heterocycles. The number of benzene rings is 2. The Morgan fingerprint density at radius 3 is 2.65 bits per heavy atom. The monoisotopic (exact) mass is 288 g/mol. The topological polar surface area (TPSA) is 55.1 Å². The van der Waals surface area contributed by atoms with Gasteiger partial charge in [0, 0.05) is 5.02 Å². The van der Waals surface area contributed by atoms with Crippen LogP contribution < -0.4 is 11.1 Å². The molecule has 0 bridgehead atoms. The summed E-state index contributed by atoms with van der Waals surface area (Å²) in [4.78, 5) is 12.1. The summed E-state index contributed by atoms with van der Waals surface area (Å²) in [6, 6.07) is 11.1. The Hall–Kier alpha value is -2.00. The molecule has 3 nitrogen and oxygen atoms in total. The minimum Gasteiger partial charge on any atom is -0.397 e. The summed E-state index contributed by atoms with van der Waals surface area (Å²) in [7, 11) is 0. The third-order valence-corrected chi connectivity index (χ3v) is 3.38. The average molecular weight is 289 g/mol. The maximum absolute atomic E-state index is 12.1. The maximum atomic E-state index is 12.1. The molecular weight excluding hydrogens is 272 g/mol. The molecule has 0 aromatic heterocycles. The summed E-state index contributed by atoms with van der Waals surface area (Å²) < 4.78 is 0. The third-order valence-electron chi connectivity index (χ3n) is 3.14. The fourth-order valence-electron chi connectivity index (χ4n) is 2.01. The predicted octanol–water partition coefficient (Wildman–Crippen LogP) is 3.72. The van der Waals surface area contributed by atoms with Crippen LogP contribution in [0.2, 0.25) is 5.02 Å². The van der Waals surface area contributed by atoms with E-state index in [1.54, 1.807) is 18.2 Å². The van der Waals surface area contributed by atoms with Crippen molar-refractivity contribution in [3.05, 3.63) is 58.1 Å². The summed E-state index contributed by atoms with van der Waals surface area (Å²) >= 11 is 5.83. The van der Waals surface area contributed by atoms with Crippen LogP contribution in [0.15, 0.2) is 36.4 Å². The SMILES string of the molecule is Cc1ccc(C)c(CC(=O)Nc2ccc(Cl)cc2N)c1. The maximum Gasteiger partial charge on any atom is 0.228 e. The number of hydrogen-bond acceptors (Lipinski definition) is 2. The number of nitrogens with two attached hydrogens (primary N) is 1. The number of aryl methyl sites for hydroxylation is 2. The van der Waals surface area contributed by atoms with Crippen LogP contribution in [0.1, 0.15) is 16.7 Å². The van der Waals surface area contributed by atoms with Gasteiger partial charge in [0.1, 0.15) is 0 Å². The number of anilines is 2. The lowest BCUT2D eigenvalue weighted by atomic mass is 10.0. The largest absolute Gasteiger partial charge is 0.397 e. The van der Waals surface area contributed by atoms with E-state index >= 15 is 0 Å². The highest BCUT2D eigenvalue weighted by Crippen LogP contribution is 2.23. The smallest absolute Gasteiger partial charge is 0.228 e. The number of nitrogen functional groups attached to an aromatic ring is 1. The zero-order valence-corrected chi connectivity index (χ0v) is 12.3. The molecule has 0 unspecified atom stereocenters. The molecule has 0 saturated heterocycles. The van der Waals surface area contributed by atoms with E-state index < -0.39 is 0 Å². The molecule has 0 spiro atoms. The van der Waals surface area contributed by atoms with Gasteiger partial charge in [-0.3, -0.25) is 4.79 Å². The van der Waals surface area contributed by atoms with Gasteiger partial charge in [-0.25, -0.2) is 0 Å². The van der Waals surface area contributed by atoms with E-state index in [4.69, 9.17) is 17.3 Å². The lowest BCUT2D eigenvalue weighted by Gasteiger charge is -2.10. The van der Waals surface area contributed by atoms with Gasteiger partial charge in [0.15, 0.2) is 0 Å². The van der Waals surface area contributed by atoms with Gasteiger partial charge in [0.05, 0.1) is 17.8 Å². The summed E-state index contributed by atoms with van der Waals surface area (Å²) in [6.07, 6.45) is 0.329. The molecule has 0 fully saturated rings. The third kappa shape index (κ3) is 3.52. The molecule has 2 aromatic rings. The molecule has 104 valence electrons. The van der Waals surface area contributed by atoms with Gasteiger partial charge in [-0.15, -0.1) is 0 Å². The molecule has 4 heteroatoms. The molecule has 20 heavy (non-hydrogen) atoms. The average Bonchev–Trinajstić information content (AvgIpc) is 2.37. The first-order valence-corrected chi connectivity index (χ1v) is 6.74. The predicted molar refractivity (Wildman–Crippen MR) is 84.1 cm³/mol. The Bertz CT molecular complexity index is 653. The lowest BCUT2D eigenvalue weighted by Crippen LogP contribution is -2.16. The van der Waals surface area contributed by atoms with Crippen LogP contribution in [0.3, 0.4) is 0 Å². The van der Waals surface area contributed by atoms with E-state index in [0.717, 1.165) is 16.7 Å². The highest BCUT2D eigenvalue weighted by Gasteiger charge is 2.08. The van der Waals surface area contributed by atoms with Crippen LogP contribution in [0.4, 0.5) is 11.4 Å². The molecule has 2 aromatic carbocycles. The van der Waals surface area contributed by atoms with Crippen LogP contribution in [0.5, 0.6) is 0 Å². The number of nitrogens with one attached hydrogen (secondary N) is 1. The van der Waals surface area contributed by atoms with E-state index in [-0.39, 0.29) is 5.91 Å². The van der Waals surface area contributed by atoms with Gasteiger partial charge in [-0.1, -0.05) is 35.4 Å². The Morgan fingerprint density at radius 2 is 1.95 bits per heavy atom. The molecule has 0 heterocycles. The van der Waals surface area contributed by atoms with Gasteiger partial charge >= 0.3 is 0 Å². The minimum absolute atomic E-state index is 0.0901. The van der Waals surface area contributed by atoms with Crippen molar-refractivity contribution < 1.29 is 4.79 Å². The first kappa shape index (κ1) is 14.4. The van der Waals surface area contributed by atoms with Crippen LogP contribution in [0, 0.1) is 13.8 Å². The zero-order chi connectivity index (χ0) is 14.7. The summed E-state index contributed by atoms with van der Waals surface area (Å²) in [5.74, 6) is -0.0901. The molecule has 1 amide bonds. The molecule has 0 saturated carbocycles. The zero-order valence-electron chi connectivity index (χ0n) is 11.5. The van der Waals surface area contributed by atoms with E-state index in [1.165, 1.54) is 0 Å². The number of carbonyl (C=O) groups is 1. The van der Waals surface area contributed by atoms with Crippen molar-refractivity contribution in [3.63, 3.8) is 0 Å². The van der Waals surface area contributed by atoms with Gasteiger partial charge in [0.25, 0.3) is 0 Å². The number of halogens is 1. The van der Waals surface area contributed by atoms with Gasteiger partial charge in [-0.05, 0) is 43.2 Å². The molecule has 0 aliphatic rings. The van der Waals surface area contributed by atoms with Gasteiger partial charge in [0.2, 0.25) is 5.91 Å². The van der Waals surface area contributed by atoms with Crippen molar-refractivity contribution in [1.82, 2.24) is 0 Å². The second-order valence-electron chi connectivity index (χ2n) is 4.89. The number of carbonyl (C=O) groups excluding carboxylic acids is 1. The molecule has 3 N–H and O–H groups in total. The lowest BCUT2D eigenvalue weighted by molar-refractivity contribution is -0.115. The Balaban J connectivity index is 2.11. The van der Waals surface area contributed by atoms with Crippen molar-refractivity contribution in [2.75, 3.05) is 11.1 Å². The van der Waals surface area contributed by atoms with Crippen LogP contribution in [0.25, 0.3) is 0 Å². The van der Waals surface area contributed by atoms with E-state index in [9.17, 15) is 4.79 Å². The molecule has 0 aliphatic carbocycles. The van der Waals surface area contributed by atoms with Crippen molar-refractivity contribution >= 4 is 28.9 Å². The normalized spacial score (nSPS) is 10.3. The van der Waals surface area contributed by atoms with Gasteiger partial charge in [-0.2, -0.15) is 0 Å². The molecule has 2 rings (SSSR count). The second kappa shape index (κ2) is 5.97. The van der Waals surface area contributed by atoms with Crippen LogP contribution in [-0.2, 0) is 11.2 Å². The summed E-state index contributed by atoms with van der Waals surface area (Å²) in [6.45, 7) is 4.01. The minimum atomic E-state index is -0.0901. The second-order valence-corrected chi connectivity index (χ2v) is 5.32. The van der Waals surface area contributed by atoms with Crippen molar-refractivity contribution in [1.29, 1.82) is 0 Å².